The predicted molar refractivity (Wildman–Crippen MR) is 43.4 cm³/mol. The van der Waals surface area contributed by atoms with Crippen molar-refractivity contribution in [1.29, 1.82) is 0 Å². The molecule has 0 bridgehead atoms. The zero-order valence-corrected chi connectivity index (χ0v) is 7.48. The molecular formula is C9H16F2O. The van der Waals surface area contributed by atoms with Gasteiger partial charge in [0.05, 0.1) is 0 Å². The summed E-state index contributed by atoms with van der Waals surface area (Å²) in [6.07, 6.45) is 2.04. The van der Waals surface area contributed by atoms with Gasteiger partial charge in [0, 0.05) is 13.0 Å². The van der Waals surface area contributed by atoms with E-state index in [-0.39, 0.29) is 6.42 Å². The van der Waals surface area contributed by atoms with Crippen LogP contribution in [-0.4, -0.2) is 18.6 Å². The highest BCUT2D eigenvalue weighted by Crippen LogP contribution is 2.35. The van der Waals surface area contributed by atoms with E-state index >= 15 is 0 Å². The summed E-state index contributed by atoms with van der Waals surface area (Å²) in [5.74, 6) is -2.58. The van der Waals surface area contributed by atoms with E-state index in [0.717, 1.165) is 12.8 Å². The lowest BCUT2D eigenvalue weighted by molar-refractivity contribution is -0.157. The van der Waals surface area contributed by atoms with Crippen molar-refractivity contribution in [2.24, 2.45) is 0 Å². The van der Waals surface area contributed by atoms with E-state index in [9.17, 15) is 8.78 Å². The third-order valence-electron chi connectivity index (χ3n) is 2.22. The Hall–Kier alpha value is -0.180. The standard InChI is InChI=1S/C9H16F2O/c1-2-7-12-8-5-3-4-6-9(8,10)11/h8H,2-7H2,1H3. The van der Waals surface area contributed by atoms with Gasteiger partial charge in [-0.25, -0.2) is 8.78 Å². The van der Waals surface area contributed by atoms with Crippen LogP contribution in [0.4, 0.5) is 8.78 Å². The van der Waals surface area contributed by atoms with Gasteiger partial charge in [-0.2, -0.15) is 0 Å². The second kappa shape index (κ2) is 4.17. The van der Waals surface area contributed by atoms with Crippen LogP contribution in [0, 0.1) is 0 Å². The maximum absolute atomic E-state index is 13.1. The Balaban J connectivity index is 2.37. The minimum atomic E-state index is -2.58. The largest absolute Gasteiger partial charge is 0.372 e. The molecule has 1 nitrogen and oxygen atoms in total. The molecule has 0 saturated heterocycles. The summed E-state index contributed by atoms with van der Waals surface area (Å²) in [4.78, 5) is 0. The van der Waals surface area contributed by atoms with Crippen LogP contribution in [0.25, 0.3) is 0 Å². The first kappa shape index (κ1) is 9.90. The Kier molecular flexibility index (Phi) is 3.44. The summed E-state index contributed by atoms with van der Waals surface area (Å²) >= 11 is 0. The van der Waals surface area contributed by atoms with Crippen molar-refractivity contribution in [2.45, 2.75) is 51.1 Å². The van der Waals surface area contributed by atoms with Gasteiger partial charge in [-0.05, 0) is 19.3 Å². The molecule has 1 atom stereocenters. The Morgan fingerprint density at radius 2 is 2.17 bits per heavy atom. The highest BCUT2D eigenvalue weighted by molar-refractivity contribution is 4.82. The molecule has 1 fully saturated rings. The van der Waals surface area contributed by atoms with Crippen molar-refractivity contribution in [3.8, 4) is 0 Å². The highest BCUT2D eigenvalue weighted by atomic mass is 19.3. The molecule has 3 heteroatoms. The summed E-state index contributed by atoms with van der Waals surface area (Å²) < 4.78 is 31.2. The van der Waals surface area contributed by atoms with E-state index in [4.69, 9.17) is 4.74 Å². The summed E-state index contributed by atoms with van der Waals surface area (Å²) in [5, 5.41) is 0. The Morgan fingerprint density at radius 1 is 1.42 bits per heavy atom. The van der Waals surface area contributed by atoms with Crippen LogP contribution in [0.5, 0.6) is 0 Å². The normalized spacial score (nSPS) is 28.8. The molecule has 1 rings (SSSR count). The van der Waals surface area contributed by atoms with Crippen LogP contribution in [0.2, 0.25) is 0 Å². The van der Waals surface area contributed by atoms with E-state index < -0.39 is 12.0 Å². The minimum Gasteiger partial charge on any atom is -0.372 e. The first-order valence-electron chi connectivity index (χ1n) is 4.66. The van der Waals surface area contributed by atoms with Crippen molar-refractivity contribution in [2.75, 3.05) is 6.61 Å². The van der Waals surface area contributed by atoms with E-state index in [1.165, 1.54) is 0 Å². The zero-order chi connectivity index (χ0) is 9.03. The smallest absolute Gasteiger partial charge is 0.273 e. The molecule has 0 amide bonds. The Bertz CT molecular complexity index is 136. The molecule has 1 aliphatic carbocycles. The SMILES string of the molecule is CCCOC1CCCCC1(F)F. The van der Waals surface area contributed by atoms with Crippen LogP contribution in [0.15, 0.2) is 0 Å². The Morgan fingerprint density at radius 3 is 2.75 bits per heavy atom. The second-order valence-corrected chi connectivity index (χ2v) is 3.37. The molecule has 0 aromatic carbocycles. The molecule has 72 valence electrons. The number of hydrogen-bond acceptors (Lipinski definition) is 1. The van der Waals surface area contributed by atoms with Crippen LogP contribution in [-0.2, 0) is 4.74 Å². The summed E-state index contributed by atoms with van der Waals surface area (Å²) in [5.41, 5.74) is 0. The average Bonchev–Trinajstić information content (AvgIpc) is 2.02. The quantitative estimate of drug-likeness (QED) is 0.645. The Labute approximate surface area is 72.1 Å². The molecule has 0 N–H and O–H groups in total. The highest BCUT2D eigenvalue weighted by Gasteiger charge is 2.41. The van der Waals surface area contributed by atoms with Crippen molar-refractivity contribution < 1.29 is 13.5 Å². The number of rotatable bonds is 3. The maximum Gasteiger partial charge on any atom is 0.273 e. The molecule has 0 aromatic rings. The lowest BCUT2D eigenvalue weighted by Crippen LogP contribution is -2.38. The van der Waals surface area contributed by atoms with Crippen LogP contribution in [0.1, 0.15) is 39.0 Å². The summed E-state index contributed by atoms with van der Waals surface area (Å²) in [7, 11) is 0. The lowest BCUT2D eigenvalue weighted by atomic mass is 9.94. The molecule has 0 spiro atoms. The molecule has 12 heavy (non-hydrogen) atoms. The van der Waals surface area contributed by atoms with Gasteiger partial charge in [0.15, 0.2) is 0 Å². The number of alkyl halides is 2. The third kappa shape index (κ3) is 2.41. The molecule has 0 radical (unpaired) electrons. The van der Waals surface area contributed by atoms with Crippen molar-refractivity contribution >= 4 is 0 Å². The van der Waals surface area contributed by atoms with Crippen LogP contribution < -0.4 is 0 Å². The van der Waals surface area contributed by atoms with E-state index in [0.29, 0.717) is 19.4 Å². The topological polar surface area (TPSA) is 9.23 Å². The van der Waals surface area contributed by atoms with Gasteiger partial charge < -0.3 is 4.74 Å². The van der Waals surface area contributed by atoms with E-state index in [1.807, 2.05) is 6.92 Å². The molecule has 1 aliphatic rings. The molecule has 0 heterocycles. The van der Waals surface area contributed by atoms with Crippen molar-refractivity contribution in [1.82, 2.24) is 0 Å². The first-order valence-corrected chi connectivity index (χ1v) is 4.66. The zero-order valence-electron chi connectivity index (χ0n) is 7.48. The molecule has 0 aliphatic heterocycles. The number of halogens is 2. The van der Waals surface area contributed by atoms with Crippen molar-refractivity contribution in [3.63, 3.8) is 0 Å². The third-order valence-corrected chi connectivity index (χ3v) is 2.22. The van der Waals surface area contributed by atoms with Crippen LogP contribution in [0.3, 0.4) is 0 Å². The fourth-order valence-corrected chi connectivity index (χ4v) is 1.53. The van der Waals surface area contributed by atoms with E-state index in [1.54, 1.807) is 0 Å². The number of ether oxygens (including phenoxy) is 1. The second-order valence-electron chi connectivity index (χ2n) is 3.37. The van der Waals surface area contributed by atoms with Crippen LogP contribution >= 0.6 is 0 Å². The lowest BCUT2D eigenvalue weighted by Gasteiger charge is -2.30. The van der Waals surface area contributed by atoms with Gasteiger partial charge in [0.2, 0.25) is 0 Å². The molecule has 1 saturated carbocycles. The predicted octanol–water partition coefficient (Wildman–Crippen LogP) is 2.99. The van der Waals surface area contributed by atoms with Gasteiger partial charge in [-0.15, -0.1) is 0 Å². The van der Waals surface area contributed by atoms with Gasteiger partial charge in [-0.1, -0.05) is 13.3 Å². The monoisotopic (exact) mass is 178 g/mol. The van der Waals surface area contributed by atoms with Crippen molar-refractivity contribution in [3.05, 3.63) is 0 Å². The molecular weight excluding hydrogens is 162 g/mol. The molecule has 0 aromatic heterocycles. The van der Waals surface area contributed by atoms with Gasteiger partial charge >= 0.3 is 0 Å². The van der Waals surface area contributed by atoms with Gasteiger partial charge in [0.1, 0.15) is 6.10 Å². The van der Waals surface area contributed by atoms with Gasteiger partial charge in [-0.3, -0.25) is 0 Å². The molecule has 1 unspecified atom stereocenters. The first-order chi connectivity index (χ1) is 5.67. The average molecular weight is 178 g/mol. The fraction of sp³-hybridized carbons (Fsp3) is 1.00. The summed E-state index contributed by atoms with van der Waals surface area (Å²) in [6, 6.07) is 0. The van der Waals surface area contributed by atoms with E-state index in [2.05, 4.69) is 0 Å². The number of hydrogen-bond donors (Lipinski definition) is 0. The fourth-order valence-electron chi connectivity index (χ4n) is 1.53. The minimum absolute atomic E-state index is 0.00137. The maximum atomic E-state index is 13.1. The summed E-state index contributed by atoms with van der Waals surface area (Å²) in [6.45, 7) is 2.39. The van der Waals surface area contributed by atoms with Gasteiger partial charge in [0.25, 0.3) is 5.92 Å².